The van der Waals surface area contributed by atoms with Crippen molar-refractivity contribution in [2.75, 3.05) is 21.4 Å². The van der Waals surface area contributed by atoms with Crippen LogP contribution in [0.3, 0.4) is 0 Å². The summed E-state index contributed by atoms with van der Waals surface area (Å²) in [5.74, 6) is 2.47. The van der Waals surface area contributed by atoms with Crippen LogP contribution in [0, 0.1) is 0 Å². The summed E-state index contributed by atoms with van der Waals surface area (Å²) < 4.78 is 9.63. The third-order valence-electron chi connectivity index (χ3n) is 13.2. The maximum Gasteiger partial charge on any atom is 0.00638 e. The van der Waals surface area contributed by atoms with Crippen LogP contribution in [-0.2, 0) is 10.8 Å². The average Bonchev–Trinajstić information content (AvgIpc) is 3.75. The first-order chi connectivity index (χ1) is 32.6. The Hall–Kier alpha value is -7.10. The van der Waals surface area contributed by atoms with Gasteiger partial charge < -0.3 is 0 Å². The summed E-state index contributed by atoms with van der Waals surface area (Å²) in [5.41, 5.74) is 15.2. The zero-order valence-electron chi connectivity index (χ0n) is 38.5. The van der Waals surface area contributed by atoms with E-state index < -0.39 is 20.9 Å². The molecule has 0 bridgehead atoms. The first kappa shape index (κ1) is 42.5. The quantitative estimate of drug-likeness (QED) is 0.135. The van der Waals surface area contributed by atoms with E-state index >= 15 is 0 Å². The fourth-order valence-corrected chi connectivity index (χ4v) is 12.5. The van der Waals surface area contributed by atoms with Crippen molar-refractivity contribution < 1.29 is 4.74 Å². The second-order valence-corrected chi connectivity index (χ2v) is 22.0. The van der Waals surface area contributed by atoms with Crippen LogP contribution in [0.25, 0.3) is 22.3 Å². The van der Waals surface area contributed by atoms with E-state index in [2.05, 4.69) is 256 Å². The topological polar surface area (TPSA) is 31.8 Å². The average molecular weight is 985 g/mol. The van der Waals surface area contributed by atoms with Gasteiger partial charge in [-0.15, -0.1) is 0 Å². The summed E-state index contributed by atoms with van der Waals surface area (Å²) in [6, 6.07) is 74.4. The minimum Gasteiger partial charge on any atom is -0.0622 e. The second kappa shape index (κ2) is 17.3. The Morgan fingerprint density at radius 2 is 1.04 bits per heavy atom. The number of rotatable bonds is 9. The molecule has 2 aliphatic heterocycles. The van der Waals surface area contributed by atoms with Gasteiger partial charge in [-0.25, -0.2) is 0 Å². The number of benzene rings is 8. The van der Waals surface area contributed by atoms with Gasteiger partial charge in [0.1, 0.15) is 0 Å². The van der Waals surface area contributed by atoms with Crippen molar-refractivity contribution in [3.63, 3.8) is 0 Å². The zero-order chi connectivity index (χ0) is 45.7. The molecule has 5 nitrogen and oxygen atoms in total. The Bertz CT molecular complexity index is 3190. The molecule has 8 aromatic carbocycles. The van der Waals surface area contributed by atoms with E-state index in [1.165, 1.54) is 57.5 Å². The smallest absolute Gasteiger partial charge is 0.00638 e. The van der Waals surface area contributed by atoms with Gasteiger partial charge in [-0.05, 0) is 34.2 Å². The van der Waals surface area contributed by atoms with Crippen molar-refractivity contribution in [2.45, 2.75) is 45.4 Å². The number of fused-ring (bicyclic) bond motifs is 3. The molecular weight excluding hydrogens is 932 g/mol. The molecule has 3 heterocycles. The predicted molar refractivity (Wildman–Crippen MR) is 281 cm³/mol. The number of para-hydroxylation sites is 3. The first-order valence-electron chi connectivity index (χ1n) is 23.0. The number of aromatic nitrogens is 1. The first-order valence-corrected chi connectivity index (χ1v) is 25.4. The molecule has 6 heteroatoms. The molecule has 9 aromatic rings. The van der Waals surface area contributed by atoms with Gasteiger partial charge in [0.25, 0.3) is 0 Å². The van der Waals surface area contributed by atoms with Crippen LogP contribution in [0.2, 0.25) is 0 Å². The van der Waals surface area contributed by atoms with E-state index in [-0.39, 0.29) is 10.8 Å². The molecule has 0 atom stereocenters. The summed E-state index contributed by atoms with van der Waals surface area (Å²) in [5, 5.41) is 0. The predicted octanol–water partition coefficient (Wildman–Crippen LogP) is 14.5. The summed E-state index contributed by atoms with van der Waals surface area (Å²) >= 11 is -0.654. The van der Waals surface area contributed by atoms with Gasteiger partial charge >= 0.3 is 275 Å². The molecule has 0 amide bonds. The van der Waals surface area contributed by atoms with Gasteiger partial charge in [-0.1, -0.05) is 87.5 Å². The van der Waals surface area contributed by atoms with Gasteiger partial charge in [0.2, 0.25) is 0 Å². The normalized spacial score (nSPS) is 13.2. The van der Waals surface area contributed by atoms with E-state index in [0.29, 0.717) is 6.67 Å². The van der Waals surface area contributed by atoms with Gasteiger partial charge in [0.05, 0.1) is 0 Å². The van der Waals surface area contributed by atoms with Crippen molar-refractivity contribution in [1.82, 2.24) is 4.98 Å². The molecule has 67 heavy (non-hydrogen) atoms. The summed E-state index contributed by atoms with van der Waals surface area (Å²) in [6.45, 7) is 12.1. The number of ether oxygens (including phenoxy) is 1. The molecule has 0 fully saturated rings. The van der Waals surface area contributed by atoms with Gasteiger partial charge in [0.15, 0.2) is 0 Å². The SMILES string of the molecule is CC(C)(C)c1cc(-c2ccccc2)c(N2CN(c3cccc(Oc4ccc5c(c4)N(c4cc(C(C)(C)c6ccccc6)ccn4)c4ccccc4[Te]5)c3)c3ccccc32)c(-c2ccccc2)c1. The van der Waals surface area contributed by atoms with Crippen molar-refractivity contribution in [1.29, 1.82) is 0 Å². The molecule has 0 aliphatic carbocycles. The maximum absolute atomic E-state index is 6.88. The van der Waals surface area contributed by atoms with Crippen LogP contribution < -0.4 is 26.7 Å². The van der Waals surface area contributed by atoms with Gasteiger partial charge in [-0.3, -0.25) is 0 Å². The zero-order valence-corrected chi connectivity index (χ0v) is 40.9. The van der Waals surface area contributed by atoms with E-state index in [9.17, 15) is 0 Å². The summed E-state index contributed by atoms with van der Waals surface area (Å²) in [7, 11) is 0. The van der Waals surface area contributed by atoms with Crippen molar-refractivity contribution >= 4 is 68.1 Å². The maximum atomic E-state index is 6.88. The molecule has 2 aliphatic rings. The van der Waals surface area contributed by atoms with Crippen LogP contribution in [0.15, 0.2) is 212 Å². The Morgan fingerprint density at radius 1 is 0.463 bits per heavy atom. The Kier molecular flexibility index (Phi) is 11.0. The van der Waals surface area contributed by atoms with Crippen LogP contribution in [0.1, 0.15) is 51.3 Å². The van der Waals surface area contributed by atoms with E-state index in [1.54, 1.807) is 0 Å². The third kappa shape index (κ3) is 8.05. The number of hydrogen-bond acceptors (Lipinski definition) is 5. The minimum atomic E-state index is -0.654. The molecule has 1 aromatic heterocycles. The minimum absolute atomic E-state index is 0.0503. The number of hydrogen-bond donors (Lipinski definition) is 0. The fraction of sp³-hybridized carbons (Fsp3) is 0.131. The van der Waals surface area contributed by atoms with E-state index in [4.69, 9.17) is 9.72 Å². The van der Waals surface area contributed by atoms with Crippen molar-refractivity contribution in [2.24, 2.45) is 0 Å². The molecule has 0 unspecified atom stereocenters. The van der Waals surface area contributed by atoms with Crippen LogP contribution in [0.5, 0.6) is 11.5 Å². The molecule has 0 saturated heterocycles. The van der Waals surface area contributed by atoms with Crippen LogP contribution >= 0.6 is 0 Å². The number of nitrogens with zero attached hydrogens (tertiary/aromatic N) is 4. The van der Waals surface area contributed by atoms with Crippen LogP contribution in [-0.4, -0.2) is 32.6 Å². The number of anilines is 7. The molecule has 328 valence electrons. The Morgan fingerprint density at radius 3 is 1.72 bits per heavy atom. The van der Waals surface area contributed by atoms with Crippen molar-refractivity contribution in [3.8, 4) is 33.8 Å². The van der Waals surface area contributed by atoms with Crippen LogP contribution in [0.4, 0.5) is 39.9 Å². The van der Waals surface area contributed by atoms with E-state index in [1.807, 2.05) is 6.20 Å². The fourth-order valence-electron chi connectivity index (χ4n) is 9.51. The number of pyridine rings is 1. The second-order valence-electron chi connectivity index (χ2n) is 18.9. The Balaban J connectivity index is 0.957. The molecule has 0 radical (unpaired) electrons. The van der Waals surface area contributed by atoms with Gasteiger partial charge in [0, 0.05) is 11.1 Å². The molecule has 0 saturated carbocycles. The summed E-state index contributed by atoms with van der Waals surface area (Å²) in [4.78, 5) is 12.3. The largest absolute Gasteiger partial charge is 0.0622 e. The molecule has 11 rings (SSSR count). The monoisotopic (exact) mass is 986 g/mol. The third-order valence-corrected chi connectivity index (χ3v) is 16.4. The summed E-state index contributed by atoms with van der Waals surface area (Å²) in [6.07, 6.45) is 1.96. The van der Waals surface area contributed by atoms with Crippen molar-refractivity contribution in [3.05, 3.63) is 229 Å². The molecule has 0 N–H and O–H groups in total. The van der Waals surface area contributed by atoms with E-state index in [0.717, 1.165) is 40.1 Å². The Labute approximate surface area is 405 Å². The molecule has 0 spiro atoms. The standard InChI is InChI=1S/C61H52N4OTe/c1-60(2,3)46-36-50(42-20-9-6-10-21-42)59(51(37-46)43-22-11-7-12-23-43)64-41-63(52-28-15-16-29-53(52)64)47-26-19-27-48(39-47)66-49-32-33-57-55(40-49)65(54-30-17-18-31-56(54)67-57)58-38-45(34-35-62-58)61(4,5)44-24-13-8-14-25-44/h6-40H,41H2,1-5H3. The van der Waals surface area contributed by atoms with Gasteiger partial charge in [-0.2, -0.15) is 0 Å². The molecular formula is C61H52N4OTe.